The number of nitrogens with one attached hydrogen (secondary N) is 2. The lowest BCUT2D eigenvalue weighted by atomic mass is 9.98. The number of rotatable bonds is 2. The van der Waals surface area contributed by atoms with Gasteiger partial charge >= 0.3 is 0 Å². The van der Waals surface area contributed by atoms with Crippen LogP contribution in [0.15, 0.2) is 24.3 Å². The molecule has 94 valence electrons. The molecule has 0 atom stereocenters. The van der Waals surface area contributed by atoms with Gasteiger partial charge in [-0.3, -0.25) is 5.10 Å². The molecule has 2 aromatic rings. The fraction of sp³-hybridized carbons (Fsp3) is 0.385. The monoisotopic (exact) mass is 262 g/mol. The summed E-state index contributed by atoms with van der Waals surface area (Å²) < 4.78 is 0. The molecule has 1 aliphatic heterocycles. The molecule has 4 nitrogen and oxygen atoms in total. The van der Waals surface area contributed by atoms with Crippen molar-refractivity contribution in [3.05, 3.63) is 35.1 Å². The van der Waals surface area contributed by atoms with Crippen molar-refractivity contribution in [2.24, 2.45) is 0 Å². The third kappa shape index (κ3) is 2.40. The molecular formula is C13H15ClN4. The molecule has 18 heavy (non-hydrogen) atoms. The standard InChI is InChI=1S/C13H15ClN4/c14-11-3-1-9(2-4-11)12-16-13(18-17-12)10-5-7-15-8-6-10/h1-4,10,15H,5-8H2,(H,16,17,18). The van der Waals surface area contributed by atoms with E-state index in [1.54, 1.807) is 0 Å². The first-order chi connectivity index (χ1) is 8.83. The summed E-state index contributed by atoms with van der Waals surface area (Å²) in [4.78, 5) is 4.60. The van der Waals surface area contributed by atoms with Crippen LogP contribution in [-0.2, 0) is 0 Å². The van der Waals surface area contributed by atoms with Gasteiger partial charge < -0.3 is 5.32 Å². The van der Waals surface area contributed by atoms with Crippen LogP contribution in [0.2, 0.25) is 5.02 Å². The molecule has 0 saturated carbocycles. The van der Waals surface area contributed by atoms with E-state index in [0.717, 1.165) is 48.2 Å². The summed E-state index contributed by atoms with van der Waals surface area (Å²) in [6, 6.07) is 7.60. The highest BCUT2D eigenvalue weighted by Gasteiger charge is 2.19. The van der Waals surface area contributed by atoms with Gasteiger partial charge in [-0.2, -0.15) is 5.10 Å². The van der Waals surface area contributed by atoms with Gasteiger partial charge in [-0.05, 0) is 50.2 Å². The fourth-order valence-corrected chi connectivity index (χ4v) is 2.41. The molecule has 1 saturated heterocycles. The van der Waals surface area contributed by atoms with Crippen molar-refractivity contribution in [3.63, 3.8) is 0 Å². The molecular weight excluding hydrogens is 248 g/mol. The number of halogens is 1. The number of hydrogen-bond acceptors (Lipinski definition) is 3. The summed E-state index contributed by atoms with van der Waals surface area (Å²) in [6.07, 6.45) is 2.24. The van der Waals surface area contributed by atoms with E-state index in [-0.39, 0.29) is 0 Å². The van der Waals surface area contributed by atoms with E-state index in [4.69, 9.17) is 11.6 Å². The molecule has 0 amide bonds. The predicted molar refractivity (Wildman–Crippen MR) is 71.7 cm³/mol. The van der Waals surface area contributed by atoms with E-state index >= 15 is 0 Å². The van der Waals surface area contributed by atoms with Crippen LogP contribution in [0.5, 0.6) is 0 Å². The van der Waals surface area contributed by atoms with Crippen molar-refractivity contribution < 1.29 is 0 Å². The molecule has 1 aromatic heterocycles. The van der Waals surface area contributed by atoms with Gasteiger partial charge in [0.2, 0.25) is 0 Å². The second-order valence-corrected chi connectivity index (χ2v) is 5.01. The normalized spacial score (nSPS) is 16.9. The van der Waals surface area contributed by atoms with Gasteiger partial charge in [0.15, 0.2) is 5.82 Å². The summed E-state index contributed by atoms with van der Waals surface area (Å²) in [5.41, 5.74) is 0.996. The smallest absolute Gasteiger partial charge is 0.181 e. The summed E-state index contributed by atoms with van der Waals surface area (Å²) >= 11 is 5.87. The first-order valence-electron chi connectivity index (χ1n) is 6.22. The summed E-state index contributed by atoms with van der Waals surface area (Å²) in [6.45, 7) is 2.11. The molecule has 0 aliphatic carbocycles. The Balaban J connectivity index is 1.82. The van der Waals surface area contributed by atoms with Crippen LogP contribution < -0.4 is 5.32 Å². The summed E-state index contributed by atoms with van der Waals surface area (Å²) in [5.74, 6) is 2.25. The molecule has 3 rings (SSSR count). The molecule has 0 unspecified atom stereocenters. The molecule has 2 heterocycles. The van der Waals surface area contributed by atoms with Crippen molar-refractivity contribution in [3.8, 4) is 11.4 Å². The lowest BCUT2D eigenvalue weighted by Gasteiger charge is -2.19. The zero-order valence-corrected chi connectivity index (χ0v) is 10.7. The maximum Gasteiger partial charge on any atom is 0.181 e. The Hall–Kier alpha value is -1.39. The molecule has 0 bridgehead atoms. The summed E-state index contributed by atoms with van der Waals surface area (Å²) in [5, 5.41) is 11.4. The van der Waals surface area contributed by atoms with E-state index in [2.05, 4.69) is 20.5 Å². The fourth-order valence-electron chi connectivity index (χ4n) is 2.28. The van der Waals surface area contributed by atoms with E-state index in [0.29, 0.717) is 5.92 Å². The highest BCUT2D eigenvalue weighted by molar-refractivity contribution is 6.30. The third-order valence-electron chi connectivity index (χ3n) is 3.33. The lowest BCUT2D eigenvalue weighted by molar-refractivity contribution is 0.446. The van der Waals surface area contributed by atoms with Crippen LogP contribution >= 0.6 is 11.6 Å². The van der Waals surface area contributed by atoms with E-state index in [1.807, 2.05) is 24.3 Å². The number of aromatic amines is 1. The number of H-pyrrole nitrogens is 1. The largest absolute Gasteiger partial charge is 0.317 e. The first kappa shape index (κ1) is 11.7. The van der Waals surface area contributed by atoms with E-state index < -0.39 is 0 Å². The van der Waals surface area contributed by atoms with Gasteiger partial charge in [0.25, 0.3) is 0 Å². The molecule has 1 aliphatic rings. The van der Waals surface area contributed by atoms with Crippen LogP contribution in [0.3, 0.4) is 0 Å². The van der Waals surface area contributed by atoms with Gasteiger partial charge in [-0.25, -0.2) is 4.98 Å². The average molecular weight is 263 g/mol. The molecule has 0 radical (unpaired) electrons. The Morgan fingerprint density at radius 2 is 1.83 bits per heavy atom. The minimum Gasteiger partial charge on any atom is -0.317 e. The van der Waals surface area contributed by atoms with Crippen LogP contribution in [0, 0.1) is 0 Å². The van der Waals surface area contributed by atoms with Gasteiger partial charge in [0, 0.05) is 16.5 Å². The van der Waals surface area contributed by atoms with Gasteiger partial charge in [-0.15, -0.1) is 0 Å². The van der Waals surface area contributed by atoms with Gasteiger partial charge in [0.05, 0.1) is 0 Å². The number of piperidine rings is 1. The minimum absolute atomic E-state index is 0.500. The quantitative estimate of drug-likeness (QED) is 0.875. The van der Waals surface area contributed by atoms with Crippen molar-refractivity contribution in [2.45, 2.75) is 18.8 Å². The lowest BCUT2D eigenvalue weighted by Crippen LogP contribution is -2.27. The van der Waals surface area contributed by atoms with Crippen molar-refractivity contribution in [1.82, 2.24) is 20.5 Å². The SMILES string of the molecule is Clc1ccc(-c2n[nH]c(C3CCNCC3)n2)cc1. The minimum atomic E-state index is 0.500. The van der Waals surface area contributed by atoms with Crippen LogP contribution in [0.1, 0.15) is 24.6 Å². The first-order valence-corrected chi connectivity index (χ1v) is 6.60. The Kier molecular flexibility index (Phi) is 3.30. The second-order valence-electron chi connectivity index (χ2n) is 4.58. The van der Waals surface area contributed by atoms with Crippen molar-refractivity contribution in [2.75, 3.05) is 13.1 Å². The number of nitrogens with zero attached hydrogens (tertiary/aromatic N) is 2. The molecule has 0 spiro atoms. The van der Waals surface area contributed by atoms with Crippen LogP contribution in [0.25, 0.3) is 11.4 Å². The molecule has 2 N–H and O–H groups in total. The highest BCUT2D eigenvalue weighted by atomic mass is 35.5. The molecule has 1 fully saturated rings. The topological polar surface area (TPSA) is 53.6 Å². The Bertz CT molecular complexity index is 514. The molecule has 1 aromatic carbocycles. The number of hydrogen-bond donors (Lipinski definition) is 2. The average Bonchev–Trinajstić information content (AvgIpc) is 2.90. The summed E-state index contributed by atoms with van der Waals surface area (Å²) in [7, 11) is 0. The van der Waals surface area contributed by atoms with Gasteiger partial charge in [-0.1, -0.05) is 11.6 Å². The zero-order valence-electron chi connectivity index (χ0n) is 9.99. The van der Waals surface area contributed by atoms with Crippen LogP contribution in [0.4, 0.5) is 0 Å². The third-order valence-corrected chi connectivity index (χ3v) is 3.58. The number of benzene rings is 1. The van der Waals surface area contributed by atoms with Crippen molar-refractivity contribution in [1.29, 1.82) is 0 Å². The number of aromatic nitrogens is 3. The van der Waals surface area contributed by atoms with Crippen molar-refractivity contribution >= 4 is 11.6 Å². The Morgan fingerprint density at radius 1 is 1.11 bits per heavy atom. The highest BCUT2D eigenvalue weighted by Crippen LogP contribution is 2.24. The van der Waals surface area contributed by atoms with Crippen LogP contribution in [-0.4, -0.2) is 28.3 Å². The zero-order chi connectivity index (χ0) is 12.4. The second kappa shape index (κ2) is 5.08. The molecule has 5 heteroatoms. The van der Waals surface area contributed by atoms with E-state index in [1.165, 1.54) is 0 Å². The predicted octanol–water partition coefficient (Wildman–Crippen LogP) is 2.59. The van der Waals surface area contributed by atoms with E-state index in [9.17, 15) is 0 Å². The maximum absolute atomic E-state index is 5.87. The van der Waals surface area contributed by atoms with Gasteiger partial charge in [0.1, 0.15) is 5.82 Å². The Morgan fingerprint density at radius 3 is 2.56 bits per heavy atom. The Labute approximate surface area is 111 Å². The maximum atomic E-state index is 5.87.